The second-order valence-corrected chi connectivity index (χ2v) is 5.30. The monoisotopic (exact) mass is 338 g/mol. The van der Waals surface area contributed by atoms with Crippen molar-refractivity contribution in [3.63, 3.8) is 0 Å². The summed E-state index contributed by atoms with van der Waals surface area (Å²) in [4.78, 5) is 12.2. The fourth-order valence-electron chi connectivity index (χ4n) is 2.52. The van der Waals surface area contributed by atoms with Crippen LogP contribution in [0, 0.1) is 0 Å². The zero-order valence-electron chi connectivity index (χ0n) is 13.3. The Bertz CT molecular complexity index is 977. The number of benzene rings is 2. The maximum Gasteiger partial charge on any atom is 0.307 e. The third kappa shape index (κ3) is 2.87. The Morgan fingerprint density at radius 3 is 2.96 bits per heavy atom. The van der Waals surface area contributed by atoms with Crippen molar-refractivity contribution in [2.45, 2.75) is 0 Å². The molecule has 2 heterocycles. The maximum atomic E-state index is 12.2. The van der Waals surface area contributed by atoms with Gasteiger partial charge in [-0.15, -0.1) is 0 Å². The number of para-hydroxylation sites is 1. The van der Waals surface area contributed by atoms with E-state index in [2.05, 4.69) is 10.5 Å². The number of fused-ring (bicyclic) bond motifs is 2. The van der Waals surface area contributed by atoms with E-state index in [1.54, 1.807) is 31.4 Å². The van der Waals surface area contributed by atoms with Gasteiger partial charge in [0.2, 0.25) is 6.79 Å². The van der Waals surface area contributed by atoms with Crippen LogP contribution in [0.15, 0.2) is 52.0 Å². The van der Waals surface area contributed by atoms with Gasteiger partial charge in [-0.25, -0.2) is 5.43 Å². The molecule has 7 heteroatoms. The molecular weight excluding hydrogens is 324 g/mol. The van der Waals surface area contributed by atoms with Crippen molar-refractivity contribution in [3.05, 3.63) is 53.8 Å². The summed E-state index contributed by atoms with van der Waals surface area (Å²) in [7, 11) is 1.55. The van der Waals surface area contributed by atoms with Crippen LogP contribution in [0.3, 0.4) is 0 Å². The molecule has 0 saturated heterocycles. The fraction of sp³-hybridized carbons (Fsp3) is 0.111. The van der Waals surface area contributed by atoms with Crippen molar-refractivity contribution in [2.24, 2.45) is 5.10 Å². The van der Waals surface area contributed by atoms with E-state index in [-0.39, 0.29) is 12.6 Å². The van der Waals surface area contributed by atoms with Gasteiger partial charge in [0.1, 0.15) is 0 Å². The van der Waals surface area contributed by atoms with E-state index >= 15 is 0 Å². The van der Waals surface area contributed by atoms with Crippen molar-refractivity contribution < 1.29 is 23.4 Å². The molecule has 4 rings (SSSR count). The number of hydrogen-bond acceptors (Lipinski definition) is 6. The van der Waals surface area contributed by atoms with Crippen molar-refractivity contribution in [2.75, 3.05) is 13.9 Å². The van der Waals surface area contributed by atoms with Gasteiger partial charge < -0.3 is 18.6 Å². The largest absolute Gasteiger partial charge is 0.493 e. The molecule has 0 spiro atoms. The minimum atomic E-state index is -0.449. The molecule has 1 aliphatic rings. The molecule has 7 nitrogen and oxygen atoms in total. The van der Waals surface area contributed by atoms with E-state index < -0.39 is 5.91 Å². The second kappa shape index (κ2) is 6.20. The molecule has 2 aromatic carbocycles. The molecule has 3 aromatic rings. The van der Waals surface area contributed by atoms with Crippen LogP contribution in [0.1, 0.15) is 16.1 Å². The predicted molar refractivity (Wildman–Crippen MR) is 90.4 cm³/mol. The fourth-order valence-corrected chi connectivity index (χ4v) is 2.52. The number of amides is 1. The van der Waals surface area contributed by atoms with Gasteiger partial charge in [-0.3, -0.25) is 4.79 Å². The topological polar surface area (TPSA) is 82.3 Å². The summed E-state index contributed by atoms with van der Waals surface area (Å²) >= 11 is 0. The van der Waals surface area contributed by atoms with Gasteiger partial charge in [-0.1, -0.05) is 12.1 Å². The van der Waals surface area contributed by atoms with Gasteiger partial charge >= 0.3 is 5.91 Å². The molecule has 1 N–H and O–H groups in total. The lowest BCUT2D eigenvalue weighted by molar-refractivity contribution is 0.0929. The lowest BCUT2D eigenvalue weighted by Gasteiger charge is -1.99. The molecule has 0 radical (unpaired) electrons. The SMILES string of the molecule is COc1cccc2cc(C(=O)NN=Cc3ccc4c(c3)OCO4)oc12. The molecular formula is C18H14N2O5. The van der Waals surface area contributed by atoms with Crippen molar-refractivity contribution in [1.29, 1.82) is 0 Å². The molecule has 25 heavy (non-hydrogen) atoms. The van der Waals surface area contributed by atoms with Gasteiger partial charge in [-0.05, 0) is 35.9 Å². The van der Waals surface area contributed by atoms with E-state index in [0.29, 0.717) is 22.8 Å². The number of nitrogens with one attached hydrogen (secondary N) is 1. The molecule has 0 aliphatic carbocycles. The Morgan fingerprint density at radius 2 is 2.08 bits per heavy atom. The first kappa shape index (κ1) is 15.1. The minimum absolute atomic E-state index is 0.155. The first-order chi connectivity index (χ1) is 12.2. The number of carbonyl (C=O) groups is 1. The highest BCUT2D eigenvalue weighted by Crippen LogP contribution is 2.32. The molecule has 0 saturated carbocycles. The molecule has 0 bridgehead atoms. The Balaban J connectivity index is 1.48. The second-order valence-electron chi connectivity index (χ2n) is 5.30. The van der Waals surface area contributed by atoms with Gasteiger partial charge in [0.15, 0.2) is 28.6 Å². The highest BCUT2D eigenvalue weighted by molar-refractivity contribution is 5.97. The minimum Gasteiger partial charge on any atom is -0.493 e. The molecule has 0 unspecified atom stereocenters. The van der Waals surface area contributed by atoms with Crippen molar-refractivity contribution in [1.82, 2.24) is 5.43 Å². The Hall–Kier alpha value is -3.48. The molecule has 1 amide bonds. The number of rotatable bonds is 4. The number of furan rings is 1. The lowest BCUT2D eigenvalue weighted by atomic mass is 10.2. The van der Waals surface area contributed by atoms with Crippen molar-refractivity contribution in [3.8, 4) is 17.2 Å². The third-order valence-electron chi connectivity index (χ3n) is 3.73. The molecule has 0 atom stereocenters. The van der Waals surface area contributed by atoms with E-state index in [1.807, 2.05) is 18.2 Å². The highest BCUT2D eigenvalue weighted by Gasteiger charge is 2.15. The summed E-state index contributed by atoms with van der Waals surface area (Å²) in [5.41, 5.74) is 3.73. The van der Waals surface area contributed by atoms with Crippen LogP contribution < -0.4 is 19.6 Å². The number of nitrogens with zero attached hydrogens (tertiary/aromatic N) is 1. The maximum absolute atomic E-state index is 12.2. The number of carbonyl (C=O) groups excluding carboxylic acids is 1. The normalized spacial score (nSPS) is 12.7. The number of methoxy groups -OCH3 is 1. The van der Waals surface area contributed by atoms with Gasteiger partial charge in [0.05, 0.1) is 13.3 Å². The van der Waals surface area contributed by atoms with Crippen LogP contribution in [0.5, 0.6) is 17.2 Å². The standard InChI is InChI=1S/C18H14N2O5/c1-22-14-4-2-3-12-8-16(25-17(12)14)18(21)20-19-9-11-5-6-13-15(7-11)24-10-23-13/h2-9H,10H2,1H3,(H,20,21). The van der Waals surface area contributed by atoms with Crippen LogP contribution >= 0.6 is 0 Å². The van der Waals surface area contributed by atoms with E-state index in [4.69, 9.17) is 18.6 Å². The summed E-state index contributed by atoms with van der Waals surface area (Å²) in [6.45, 7) is 0.210. The molecule has 1 aromatic heterocycles. The molecule has 126 valence electrons. The summed E-state index contributed by atoms with van der Waals surface area (Å²) in [5.74, 6) is 1.62. The zero-order valence-corrected chi connectivity index (χ0v) is 13.3. The van der Waals surface area contributed by atoms with Gasteiger partial charge in [0.25, 0.3) is 0 Å². The Morgan fingerprint density at radius 1 is 1.20 bits per heavy atom. The zero-order chi connectivity index (χ0) is 17.2. The molecule has 1 aliphatic heterocycles. The average Bonchev–Trinajstić information content (AvgIpc) is 3.27. The van der Waals surface area contributed by atoms with E-state index in [1.165, 1.54) is 6.21 Å². The third-order valence-corrected chi connectivity index (χ3v) is 3.73. The van der Waals surface area contributed by atoms with Crippen LogP contribution in [-0.2, 0) is 0 Å². The van der Waals surface area contributed by atoms with Crippen LogP contribution in [0.4, 0.5) is 0 Å². The van der Waals surface area contributed by atoms with Gasteiger partial charge in [0, 0.05) is 5.39 Å². The molecule has 0 fully saturated rings. The Kier molecular flexibility index (Phi) is 3.74. The first-order valence-electron chi connectivity index (χ1n) is 7.54. The summed E-state index contributed by atoms with van der Waals surface area (Å²) in [5, 5.41) is 4.73. The number of hydrazone groups is 1. The van der Waals surface area contributed by atoms with E-state index in [9.17, 15) is 4.79 Å². The summed E-state index contributed by atoms with van der Waals surface area (Å²) in [6.07, 6.45) is 1.52. The van der Waals surface area contributed by atoms with Crippen LogP contribution in [0.25, 0.3) is 11.0 Å². The van der Waals surface area contributed by atoms with Crippen LogP contribution in [0.2, 0.25) is 0 Å². The van der Waals surface area contributed by atoms with Crippen molar-refractivity contribution >= 4 is 23.1 Å². The Labute approximate surface area is 142 Å². The smallest absolute Gasteiger partial charge is 0.307 e. The highest BCUT2D eigenvalue weighted by atomic mass is 16.7. The first-order valence-corrected chi connectivity index (χ1v) is 7.54. The number of ether oxygens (including phenoxy) is 3. The van der Waals surface area contributed by atoms with Gasteiger partial charge in [-0.2, -0.15) is 5.10 Å². The van der Waals surface area contributed by atoms with Crippen LogP contribution in [-0.4, -0.2) is 26.0 Å². The quantitative estimate of drug-likeness (QED) is 0.584. The summed E-state index contributed by atoms with van der Waals surface area (Å²) < 4.78 is 21.3. The average molecular weight is 338 g/mol. The van der Waals surface area contributed by atoms with E-state index in [0.717, 1.165) is 10.9 Å². The number of hydrogen-bond donors (Lipinski definition) is 1. The summed E-state index contributed by atoms with van der Waals surface area (Å²) in [6, 6.07) is 12.5. The predicted octanol–water partition coefficient (Wildman–Crippen LogP) is 2.93. The lowest BCUT2D eigenvalue weighted by Crippen LogP contribution is -2.16.